The van der Waals surface area contributed by atoms with Crippen LogP contribution in [0.5, 0.6) is 0 Å². The molecule has 5 nitrogen and oxygen atoms in total. The van der Waals surface area contributed by atoms with Crippen molar-refractivity contribution < 1.29 is 19.4 Å². The third-order valence-corrected chi connectivity index (χ3v) is 6.27. The normalized spacial score (nSPS) is 13.2. The smallest absolute Gasteiger partial charge is 0.407 e. The highest BCUT2D eigenvalue weighted by atomic mass is 16.5. The first-order valence-electron chi connectivity index (χ1n) is 10.9. The molecule has 1 atom stereocenters. The molecule has 4 aromatic rings. The van der Waals surface area contributed by atoms with Crippen LogP contribution in [0.2, 0.25) is 0 Å². The summed E-state index contributed by atoms with van der Waals surface area (Å²) in [6.45, 7) is 0.137. The lowest BCUT2D eigenvalue weighted by Gasteiger charge is -2.17. The molecule has 0 heterocycles. The predicted octanol–water partition coefficient (Wildman–Crippen LogP) is 5.55. The van der Waals surface area contributed by atoms with Crippen molar-refractivity contribution in [2.24, 2.45) is 0 Å². The maximum atomic E-state index is 12.5. The van der Waals surface area contributed by atoms with Crippen LogP contribution in [0.25, 0.3) is 21.9 Å². The highest BCUT2D eigenvalue weighted by Crippen LogP contribution is 2.44. The van der Waals surface area contributed by atoms with E-state index in [4.69, 9.17) is 4.74 Å². The van der Waals surface area contributed by atoms with Crippen LogP contribution in [0.1, 0.15) is 28.5 Å². The van der Waals surface area contributed by atoms with E-state index in [0.29, 0.717) is 5.56 Å². The Kier molecular flexibility index (Phi) is 5.53. The molecule has 1 aliphatic carbocycles. The van der Waals surface area contributed by atoms with Crippen LogP contribution in [-0.4, -0.2) is 30.3 Å². The second-order valence-electron chi connectivity index (χ2n) is 8.20. The summed E-state index contributed by atoms with van der Waals surface area (Å²) in [5, 5.41) is 14.4. The van der Waals surface area contributed by atoms with Crippen LogP contribution in [0.15, 0.2) is 91.0 Å². The highest BCUT2D eigenvalue weighted by Gasteiger charge is 2.29. The second-order valence-corrected chi connectivity index (χ2v) is 8.20. The van der Waals surface area contributed by atoms with Crippen molar-refractivity contribution in [2.45, 2.75) is 11.8 Å². The van der Waals surface area contributed by atoms with Gasteiger partial charge in [-0.15, -0.1) is 0 Å². The van der Waals surface area contributed by atoms with Crippen molar-refractivity contribution in [1.29, 1.82) is 0 Å². The van der Waals surface area contributed by atoms with Crippen LogP contribution in [0.3, 0.4) is 0 Å². The SMILES string of the molecule is O=C(NC[C@H](C(=O)O)c1ccc2ccccc2c1)OCC1c2ccccc2-c2ccccc21. The summed E-state index contributed by atoms with van der Waals surface area (Å²) in [7, 11) is 0. The molecule has 5 heteroatoms. The number of carboxylic acids is 1. The quantitative estimate of drug-likeness (QED) is 0.415. The number of benzene rings is 4. The fraction of sp³-hybridized carbons (Fsp3) is 0.143. The Morgan fingerprint density at radius 1 is 0.818 bits per heavy atom. The molecule has 5 rings (SSSR count). The first-order valence-corrected chi connectivity index (χ1v) is 10.9. The molecule has 0 saturated heterocycles. The van der Waals surface area contributed by atoms with Crippen molar-refractivity contribution >= 4 is 22.8 Å². The van der Waals surface area contributed by atoms with Gasteiger partial charge in [0.05, 0.1) is 5.92 Å². The number of carbonyl (C=O) groups excluding carboxylic acids is 1. The van der Waals surface area contributed by atoms with Crippen LogP contribution >= 0.6 is 0 Å². The van der Waals surface area contributed by atoms with E-state index in [-0.39, 0.29) is 19.1 Å². The van der Waals surface area contributed by atoms with Gasteiger partial charge in [0.2, 0.25) is 0 Å². The molecule has 0 bridgehead atoms. The zero-order valence-corrected chi connectivity index (χ0v) is 17.9. The Labute approximate surface area is 191 Å². The van der Waals surface area contributed by atoms with Crippen LogP contribution in [0.4, 0.5) is 4.79 Å². The zero-order valence-electron chi connectivity index (χ0n) is 17.9. The summed E-state index contributed by atoms with van der Waals surface area (Å²) in [6, 6.07) is 29.6. The molecule has 0 fully saturated rings. The van der Waals surface area contributed by atoms with Gasteiger partial charge in [0.25, 0.3) is 0 Å². The monoisotopic (exact) mass is 437 g/mol. The highest BCUT2D eigenvalue weighted by molar-refractivity contribution is 5.86. The van der Waals surface area contributed by atoms with Crippen LogP contribution in [-0.2, 0) is 9.53 Å². The number of nitrogens with one attached hydrogen (secondary N) is 1. The Balaban J connectivity index is 1.26. The molecular weight excluding hydrogens is 414 g/mol. The average Bonchev–Trinajstić information content (AvgIpc) is 3.16. The second kappa shape index (κ2) is 8.79. The molecule has 0 aromatic heterocycles. The standard InChI is InChI=1S/C28H23NO4/c30-27(31)25(20-14-13-18-7-1-2-8-19(18)15-20)16-29-28(32)33-17-26-23-11-5-3-9-21(23)22-10-4-6-12-24(22)26/h1-15,25-26H,16-17H2,(H,29,32)(H,30,31)/t25-/m0/s1. The number of fused-ring (bicyclic) bond motifs is 4. The minimum atomic E-state index is -0.996. The van der Waals surface area contributed by atoms with E-state index in [1.165, 1.54) is 0 Å². The maximum Gasteiger partial charge on any atom is 0.407 e. The first kappa shape index (κ1) is 20.8. The van der Waals surface area contributed by atoms with Gasteiger partial charge in [-0.1, -0.05) is 91.0 Å². The van der Waals surface area contributed by atoms with Crippen molar-refractivity contribution in [3.8, 4) is 11.1 Å². The molecule has 0 radical (unpaired) electrons. The van der Waals surface area contributed by atoms with Gasteiger partial charge in [-0.2, -0.15) is 0 Å². The molecule has 0 unspecified atom stereocenters. The number of carboxylic acid groups (broad SMARTS) is 1. The summed E-state index contributed by atoms with van der Waals surface area (Å²) < 4.78 is 5.53. The van der Waals surface area contributed by atoms with Crippen molar-refractivity contribution in [1.82, 2.24) is 5.32 Å². The number of carbonyl (C=O) groups is 2. The van der Waals surface area contributed by atoms with Gasteiger partial charge in [0.1, 0.15) is 6.61 Å². The van der Waals surface area contributed by atoms with E-state index >= 15 is 0 Å². The number of rotatable bonds is 6. The summed E-state index contributed by atoms with van der Waals surface area (Å²) in [6.07, 6.45) is -0.621. The van der Waals surface area contributed by atoms with Gasteiger partial charge >= 0.3 is 12.1 Å². The molecule has 164 valence electrons. The van der Waals surface area contributed by atoms with Crippen LogP contribution < -0.4 is 5.32 Å². The van der Waals surface area contributed by atoms with E-state index in [1.807, 2.05) is 60.7 Å². The van der Waals surface area contributed by atoms with Crippen molar-refractivity contribution in [2.75, 3.05) is 13.2 Å². The molecule has 0 aliphatic heterocycles. The van der Waals surface area contributed by atoms with Crippen LogP contribution in [0, 0.1) is 0 Å². The summed E-state index contributed by atoms with van der Waals surface area (Å²) in [5.41, 5.74) is 5.21. The Bertz CT molecular complexity index is 1300. The fourth-order valence-electron chi connectivity index (χ4n) is 4.61. The lowest BCUT2D eigenvalue weighted by Crippen LogP contribution is -2.32. The van der Waals surface area contributed by atoms with Gasteiger partial charge < -0.3 is 15.2 Å². The lowest BCUT2D eigenvalue weighted by atomic mass is 9.96. The topological polar surface area (TPSA) is 75.6 Å². The Morgan fingerprint density at radius 2 is 1.42 bits per heavy atom. The van der Waals surface area contributed by atoms with Crippen molar-refractivity contribution in [3.05, 3.63) is 108 Å². The number of amides is 1. The third-order valence-electron chi connectivity index (χ3n) is 6.27. The molecule has 1 aliphatic rings. The lowest BCUT2D eigenvalue weighted by molar-refractivity contribution is -0.138. The average molecular weight is 437 g/mol. The van der Waals surface area contributed by atoms with E-state index in [1.54, 1.807) is 6.07 Å². The van der Waals surface area contributed by atoms with Gasteiger partial charge in [-0.25, -0.2) is 4.79 Å². The van der Waals surface area contributed by atoms with Crippen molar-refractivity contribution in [3.63, 3.8) is 0 Å². The predicted molar refractivity (Wildman–Crippen MR) is 127 cm³/mol. The third kappa shape index (κ3) is 4.05. The molecule has 1 amide bonds. The number of alkyl carbamates (subject to hydrolysis) is 1. The van der Waals surface area contributed by atoms with E-state index in [9.17, 15) is 14.7 Å². The van der Waals surface area contributed by atoms with E-state index < -0.39 is 18.0 Å². The molecule has 0 spiro atoms. The number of aliphatic carboxylic acids is 1. The number of hydrogen-bond donors (Lipinski definition) is 2. The van der Waals surface area contributed by atoms with Gasteiger partial charge in [0, 0.05) is 12.5 Å². The number of hydrogen-bond acceptors (Lipinski definition) is 3. The molecule has 33 heavy (non-hydrogen) atoms. The maximum absolute atomic E-state index is 12.5. The molecule has 2 N–H and O–H groups in total. The molecule has 0 saturated carbocycles. The first-order chi connectivity index (χ1) is 16.1. The fourth-order valence-corrected chi connectivity index (χ4v) is 4.61. The zero-order chi connectivity index (χ0) is 22.8. The minimum absolute atomic E-state index is 0.0427. The minimum Gasteiger partial charge on any atom is -0.481 e. The summed E-state index contributed by atoms with van der Waals surface area (Å²) in [5.74, 6) is -1.90. The summed E-state index contributed by atoms with van der Waals surface area (Å²) in [4.78, 5) is 24.4. The largest absolute Gasteiger partial charge is 0.481 e. The van der Waals surface area contributed by atoms with Gasteiger partial charge in [0.15, 0.2) is 0 Å². The van der Waals surface area contributed by atoms with E-state index in [2.05, 4.69) is 29.6 Å². The Morgan fingerprint density at radius 3 is 2.09 bits per heavy atom. The molecule has 4 aromatic carbocycles. The number of ether oxygens (including phenoxy) is 1. The van der Waals surface area contributed by atoms with Gasteiger partial charge in [-0.3, -0.25) is 4.79 Å². The molecular formula is C28H23NO4. The van der Waals surface area contributed by atoms with Gasteiger partial charge in [-0.05, 0) is 38.6 Å². The van der Waals surface area contributed by atoms with E-state index in [0.717, 1.165) is 33.0 Å². The Hall–Kier alpha value is -4.12. The summed E-state index contributed by atoms with van der Waals surface area (Å²) >= 11 is 0.